The monoisotopic (exact) mass is 195 g/mol. The van der Waals surface area contributed by atoms with Gasteiger partial charge in [0.2, 0.25) is 0 Å². The van der Waals surface area contributed by atoms with E-state index in [-0.39, 0.29) is 5.54 Å². The van der Waals surface area contributed by atoms with Crippen molar-refractivity contribution in [2.75, 3.05) is 0 Å². The smallest absolute Gasteiger partial charge is 0.0867 e. The third kappa shape index (κ3) is 2.05. The SMILES string of the molecule is CCC1CC(N)CCC1(CC)N=C=N. The van der Waals surface area contributed by atoms with Gasteiger partial charge in [-0.15, -0.1) is 0 Å². The second-order valence-electron chi connectivity index (χ2n) is 4.32. The predicted octanol–water partition coefficient (Wildman–Crippen LogP) is 2.43. The Morgan fingerprint density at radius 2 is 2.29 bits per heavy atom. The van der Waals surface area contributed by atoms with Crippen LogP contribution >= 0.6 is 0 Å². The van der Waals surface area contributed by atoms with E-state index in [0.717, 1.165) is 32.1 Å². The Morgan fingerprint density at radius 3 is 2.79 bits per heavy atom. The van der Waals surface area contributed by atoms with Gasteiger partial charge in [-0.3, -0.25) is 0 Å². The molecule has 0 spiro atoms. The quantitative estimate of drug-likeness (QED) is 0.667. The average Bonchev–Trinajstić information content (AvgIpc) is 2.21. The van der Waals surface area contributed by atoms with Gasteiger partial charge in [0.25, 0.3) is 0 Å². The molecule has 1 rings (SSSR count). The lowest BCUT2D eigenvalue weighted by Gasteiger charge is -2.41. The molecule has 1 aliphatic rings. The zero-order chi connectivity index (χ0) is 10.6. The molecule has 1 aliphatic carbocycles. The van der Waals surface area contributed by atoms with Crippen molar-refractivity contribution in [2.45, 2.75) is 57.5 Å². The van der Waals surface area contributed by atoms with Crippen LogP contribution in [0.3, 0.4) is 0 Å². The van der Waals surface area contributed by atoms with Crippen LogP contribution in [0.2, 0.25) is 0 Å². The van der Waals surface area contributed by atoms with E-state index in [1.165, 1.54) is 0 Å². The molecular weight excluding hydrogens is 174 g/mol. The van der Waals surface area contributed by atoms with E-state index in [0.29, 0.717) is 12.0 Å². The summed E-state index contributed by atoms with van der Waals surface area (Å²) < 4.78 is 0. The Balaban J connectivity index is 2.86. The second-order valence-corrected chi connectivity index (χ2v) is 4.32. The minimum absolute atomic E-state index is 0.0353. The zero-order valence-electron chi connectivity index (χ0n) is 9.21. The normalized spacial score (nSPS) is 37.6. The average molecular weight is 195 g/mol. The molecule has 0 radical (unpaired) electrons. The summed E-state index contributed by atoms with van der Waals surface area (Å²) in [5.74, 6) is 0.536. The lowest BCUT2D eigenvalue weighted by atomic mass is 9.69. The lowest BCUT2D eigenvalue weighted by Crippen LogP contribution is -2.44. The summed E-state index contributed by atoms with van der Waals surface area (Å²) in [5, 5.41) is 7.03. The van der Waals surface area contributed by atoms with Gasteiger partial charge >= 0.3 is 0 Å². The third-order valence-corrected chi connectivity index (χ3v) is 3.68. The topological polar surface area (TPSA) is 62.2 Å². The van der Waals surface area contributed by atoms with Gasteiger partial charge in [-0.05, 0) is 31.6 Å². The molecule has 3 unspecified atom stereocenters. The summed E-state index contributed by atoms with van der Waals surface area (Å²) in [5.41, 5.74) is 5.93. The molecule has 80 valence electrons. The maximum absolute atomic E-state index is 7.03. The second kappa shape index (κ2) is 4.72. The van der Waals surface area contributed by atoms with Crippen LogP contribution in [0.25, 0.3) is 0 Å². The van der Waals surface area contributed by atoms with E-state index in [9.17, 15) is 0 Å². The fraction of sp³-hybridized carbons (Fsp3) is 0.909. The van der Waals surface area contributed by atoms with Crippen molar-refractivity contribution in [2.24, 2.45) is 16.6 Å². The number of nitrogens with one attached hydrogen (secondary N) is 1. The molecule has 0 aliphatic heterocycles. The molecule has 0 amide bonds. The van der Waals surface area contributed by atoms with Crippen molar-refractivity contribution in [3.05, 3.63) is 0 Å². The third-order valence-electron chi connectivity index (χ3n) is 3.68. The molecule has 0 aromatic heterocycles. The summed E-state index contributed by atoms with van der Waals surface area (Å²) in [4.78, 5) is 4.28. The Kier molecular flexibility index (Phi) is 3.85. The number of hydrogen-bond donors (Lipinski definition) is 2. The van der Waals surface area contributed by atoms with Crippen LogP contribution in [0.15, 0.2) is 4.99 Å². The van der Waals surface area contributed by atoms with E-state index >= 15 is 0 Å². The van der Waals surface area contributed by atoms with Crippen molar-refractivity contribution in [3.8, 4) is 0 Å². The highest BCUT2D eigenvalue weighted by atomic mass is 14.9. The predicted molar refractivity (Wildman–Crippen MR) is 58.8 cm³/mol. The number of aliphatic imine (C=N–C) groups is 1. The van der Waals surface area contributed by atoms with Gasteiger partial charge in [0.15, 0.2) is 0 Å². The van der Waals surface area contributed by atoms with Gasteiger partial charge < -0.3 is 5.73 Å². The van der Waals surface area contributed by atoms with Crippen LogP contribution in [0.1, 0.15) is 46.0 Å². The van der Waals surface area contributed by atoms with Gasteiger partial charge in [-0.2, -0.15) is 0 Å². The maximum atomic E-state index is 7.03. The molecular formula is C11H21N3. The highest BCUT2D eigenvalue weighted by Gasteiger charge is 2.40. The first-order valence-corrected chi connectivity index (χ1v) is 5.57. The van der Waals surface area contributed by atoms with Crippen LogP contribution in [0.5, 0.6) is 0 Å². The number of rotatable bonds is 3. The first kappa shape index (κ1) is 11.4. The summed E-state index contributed by atoms with van der Waals surface area (Å²) in [6.07, 6.45) is 5.22. The highest BCUT2D eigenvalue weighted by molar-refractivity contribution is 5.38. The Hall–Kier alpha value is -0.660. The van der Waals surface area contributed by atoms with E-state index < -0.39 is 0 Å². The van der Waals surface area contributed by atoms with Gasteiger partial charge in [0, 0.05) is 6.04 Å². The van der Waals surface area contributed by atoms with Gasteiger partial charge in [0.1, 0.15) is 0 Å². The Labute approximate surface area is 86.3 Å². The highest BCUT2D eigenvalue weighted by Crippen LogP contribution is 2.40. The van der Waals surface area contributed by atoms with E-state index in [1.54, 1.807) is 0 Å². The van der Waals surface area contributed by atoms with Crippen LogP contribution in [-0.2, 0) is 0 Å². The van der Waals surface area contributed by atoms with Crippen molar-refractivity contribution in [1.29, 1.82) is 5.41 Å². The molecule has 3 atom stereocenters. The molecule has 0 heterocycles. The molecule has 1 fully saturated rings. The fourth-order valence-corrected chi connectivity index (χ4v) is 2.69. The van der Waals surface area contributed by atoms with E-state index in [4.69, 9.17) is 11.1 Å². The van der Waals surface area contributed by atoms with E-state index in [2.05, 4.69) is 24.8 Å². The van der Waals surface area contributed by atoms with Crippen molar-refractivity contribution < 1.29 is 0 Å². The van der Waals surface area contributed by atoms with Crippen molar-refractivity contribution in [3.63, 3.8) is 0 Å². The first-order valence-electron chi connectivity index (χ1n) is 5.57. The largest absolute Gasteiger partial charge is 0.328 e. The number of nitrogens with two attached hydrogens (primary N) is 1. The molecule has 3 N–H and O–H groups in total. The Morgan fingerprint density at radius 1 is 1.57 bits per heavy atom. The molecule has 3 nitrogen and oxygen atoms in total. The fourth-order valence-electron chi connectivity index (χ4n) is 2.69. The minimum atomic E-state index is -0.0353. The maximum Gasteiger partial charge on any atom is 0.0867 e. The Bertz CT molecular complexity index is 233. The van der Waals surface area contributed by atoms with E-state index in [1.807, 2.05) is 0 Å². The molecule has 3 heteroatoms. The van der Waals surface area contributed by atoms with Gasteiger partial charge in [-0.1, -0.05) is 20.3 Å². The lowest BCUT2D eigenvalue weighted by molar-refractivity contribution is 0.165. The molecule has 0 saturated heterocycles. The van der Waals surface area contributed by atoms with Crippen molar-refractivity contribution in [1.82, 2.24) is 0 Å². The number of nitrogens with zero attached hydrogens (tertiary/aromatic N) is 1. The number of hydrogen-bond acceptors (Lipinski definition) is 3. The molecule has 0 aromatic rings. The van der Waals surface area contributed by atoms with Crippen molar-refractivity contribution >= 4 is 6.01 Å². The van der Waals surface area contributed by atoms with Crippen LogP contribution < -0.4 is 5.73 Å². The van der Waals surface area contributed by atoms with Gasteiger partial charge in [0.05, 0.1) is 11.5 Å². The minimum Gasteiger partial charge on any atom is -0.328 e. The van der Waals surface area contributed by atoms with Crippen LogP contribution in [-0.4, -0.2) is 17.6 Å². The first-order chi connectivity index (χ1) is 6.68. The standard InChI is InChI=1S/C11H21N3/c1-3-9-7-10(13)5-6-11(9,4-2)14-8-12/h9-10,12H,3-7,13H2,1-2H3. The summed E-state index contributed by atoms with van der Waals surface area (Å²) >= 11 is 0. The zero-order valence-corrected chi connectivity index (χ0v) is 9.21. The molecule has 0 bridgehead atoms. The van der Waals surface area contributed by atoms with Crippen LogP contribution in [0, 0.1) is 11.3 Å². The summed E-state index contributed by atoms with van der Waals surface area (Å²) in [7, 11) is 0. The molecule has 14 heavy (non-hydrogen) atoms. The summed E-state index contributed by atoms with van der Waals surface area (Å²) in [6, 6.07) is 2.58. The van der Waals surface area contributed by atoms with Crippen LogP contribution in [0.4, 0.5) is 0 Å². The molecule has 1 saturated carbocycles. The summed E-state index contributed by atoms with van der Waals surface area (Å²) in [6.45, 7) is 4.34. The van der Waals surface area contributed by atoms with Gasteiger partial charge in [-0.25, -0.2) is 10.4 Å². The molecule has 0 aromatic carbocycles.